The van der Waals surface area contributed by atoms with Gasteiger partial charge in [0.15, 0.2) is 0 Å². The van der Waals surface area contributed by atoms with Gasteiger partial charge in [-0.3, -0.25) is 4.79 Å². The van der Waals surface area contributed by atoms with Gasteiger partial charge in [-0.05, 0) is 29.3 Å². The normalized spacial score (nSPS) is 18.6. The van der Waals surface area contributed by atoms with Crippen molar-refractivity contribution in [2.45, 2.75) is 19.0 Å². The number of aliphatic imine (C=N–C) groups is 1. The first kappa shape index (κ1) is 15.8. The summed E-state index contributed by atoms with van der Waals surface area (Å²) in [5.41, 5.74) is 4.19. The lowest BCUT2D eigenvalue weighted by molar-refractivity contribution is -0.118. The standard InChI is InChI=1S/C23H19N3O/c27-22-15-21(17-9-3-1-4-10-17)25(19-12-5-2-6-13-19)23-24-16-18-11-7-8-14-20(18)26(22)23/h1-14,21H,15-16H2. The van der Waals surface area contributed by atoms with E-state index >= 15 is 0 Å². The minimum atomic E-state index is -0.0682. The molecule has 4 nitrogen and oxygen atoms in total. The topological polar surface area (TPSA) is 35.9 Å². The number of carbonyl (C=O) groups is 1. The largest absolute Gasteiger partial charge is 0.304 e. The number of rotatable bonds is 2. The third kappa shape index (κ3) is 2.61. The fourth-order valence-electron chi connectivity index (χ4n) is 3.94. The van der Waals surface area contributed by atoms with Crippen LogP contribution in [0.3, 0.4) is 0 Å². The summed E-state index contributed by atoms with van der Waals surface area (Å²) in [5.74, 6) is 0.798. The summed E-state index contributed by atoms with van der Waals surface area (Å²) in [7, 11) is 0. The summed E-state index contributed by atoms with van der Waals surface area (Å²) in [5, 5.41) is 0. The minimum absolute atomic E-state index is 0.0682. The van der Waals surface area contributed by atoms with E-state index < -0.39 is 0 Å². The maximum Gasteiger partial charge on any atom is 0.236 e. The van der Waals surface area contributed by atoms with E-state index in [2.05, 4.69) is 29.2 Å². The molecule has 3 aromatic carbocycles. The molecular weight excluding hydrogens is 334 g/mol. The van der Waals surface area contributed by atoms with Crippen molar-refractivity contribution in [1.82, 2.24) is 0 Å². The van der Waals surface area contributed by atoms with E-state index in [0.717, 1.165) is 22.5 Å². The zero-order valence-corrected chi connectivity index (χ0v) is 14.8. The van der Waals surface area contributed by atoms with Gasteiger partial charge < -0.3 is 4.90 Å². The summed E-state index contributed by atoms with van der Waals surface area (Å²) in [6.45, 7) is 0.583. The highest BCUT2D eigenvalue weighted by molar-refractivity contribution is 6.25. The van der Waals surface area contributed by atoms with E-state index in [0.29, 0.717) is 18.9 Å². The monoisotopic (exact) mass is 353 g/mol. The van der Waals surface area contributed by atoms with Crippen LogP contribution < -0.4 is 9.80 Å². The summed E-state index contributed by atoms with van der Waals surface area (Å²) in [6.07, 6.45) is 0.409. The number of hydrogen-bond donors (Lipinski definition) is 0. The summed E-state index contributed by atoms with van der Waals surface area (Å²) in [4.78, 5) is 22.0. The summed E-state index contributed by atoms with van der Waals surface area (Å²) < 4.78 is 0. The first-order chi connectivity index (χ1) is 13.3. The zero-order valence-electron chi connectivity index (χ0n) is 14.8. The van der Waals surface area contributed by atoms with Crippen molar-refractivity contribution in [2.75, 3.05) is 9.80 Å². The van der Waals surface area contributed by atoms with Crippen LogP contribution in [-0.2, 0) is 11.3 Å². The lowest BCUT2D eigenvalue weighted by Crippen LogP contribution is -2.56. The molecule has 1 fully saturated rings. The maximum atomic E-state index is 13.2. The summed E-state index contributed by atoms with van der Waals surface area (Å²) in [6, 6.07) is 28.4. The van der Waals surface area contributed by atoms with Crippen molar-refractivity contribution in [1.29, 1.82) is 0 Å². The molecule has 0 bridgehead atoms. The Kier molecular flexibility index (Phi) is 3.75. The third-order valence-corrected chi connectivity index (χ3v) is 5.19. The van der Waals surface area contributed by atoms with Crippen molar-refractivity contribution in [3.05, 3.63) is 96.1 Å². The van der Waals surface area contributed by atoms with E-state index in [1.54, 1.807) is 4.90 Å². The van der Waals surface area contributed by atoms with Crippen molar-refractivity contribution in [3.8, 4) is 0 Å². The Bertz CT molecular complexity index is 1010. The average molecular weight is 353 g/mol. The van der Waals surface area contributed by atoms with E-state index in [1.807, 2.05) is 60.7 Å². The second kappa shape index (κ2) is 6.40. The molecule has 1 amide bonds. The second-order valence-electron chi connectivity index (χ2n) is 6.81. The molecular formula is C23H19N3O. The Hall–Kier alpha value is -3.40. The van der Waals surface area contributed by atoms with Crippen molar-refractivity contribution in [2.24, 2.45) is 4.99 Å². The Morgan fingerprint density at radius 3 is 2.26 bits per heavy atom. The quantitative estimate of drug-likeness (QED) is 0.678. The number of carbonyl (C=O) groups excluding carboxylic acids is 1. The van der Waals surface area contributed by atoms with Gasteiger partial charge in [0.25, 0.3) is 0 Å². The van der Waals surface area contributed by atoms with Crippen LogP contribution in [0.15, 0.2) is 89.9 Å². The number of anilines is 2. The molecule has 5 rings (SSSR count). The van der Waals surface area contributed by atoms with Crippen LogP contribution in [0.2, 0.25) is 0 Å². The minimum Gasteiger partial charge on any atom is -0.304 e. The first-order valence-electron chi connectivity index (χ1n) is 9.17. The van der Waals surface area contributed by atoms with Crippen LogP contribution >= 0.6 is 0 Å². The molecule has 4 heteroatoms. The van der Waals surface area contributed by atoms with Crippen LogP contribution in [0.1, 0.15) is 23.6 Å². The van der Waals surface area contributed by atoms with Crippen molar-refractivity contribution >= 4 is 23.2 Å². The summed E-state index contributed by atoms with van der Waals surface area (Å²) >= 11 is 0. The lowest BCUT2D eigenvalue weighted by Gasteiger charge is -2.45. The molecule has 27 heavy (non-hydrogen) atoms. The molecule has 1 saturated heterocycles. The number of hydrogen-bond acceptors (Lipinski definition) is 3. The predicted octanol–water partition coefficient (Wildman–Crippen LogP) is 4.54. The smallest absolute Gasteiger partial charge is 0.236 e. The molecule has 0 N–H and O–H groups in total. The van der Waals surface area contributed by atoms with Crippen LogP contribution in [-0.4, -0.2) is 11.9 Å². The second-order valence-corrected chi connectivity index (χ2v) is 6.81. The molecule has 0 radical (unpaired) electrons. The molecule has 0 saturated carbocycles. The number of para-hydroxylation sites is 2. The van der Waals surface area contributed by atoms with Gasteiger partial charge in [0.1, 0.15) is 0 Å². The molecule has 2 aliphatic rings. The fourth-order valence-corrected chi connectivity index (χ4v) is 3.94. The maximum absolute atomic E-state index is 13.2. The fraction of sp³-hybridized carbons (Fsp3) is 0.130. The van der Waals surface area contributed by atoms with Crippen LogP contribution in [0.5, 0.6) is 0 Å². The van der Waals surface area contributed by atoms with Gasteiger partial charge in [-0.1, -0.05) is 66.7 Å². The average Bonchev–Trinajstić information content (AvgIpc) is 2.74. The van der Waals surface area contributed by atoms with Crippen molar-refractivity contribution in [3.63, 3.8) is 0 Å². The third-order valence-electron chi connectivity index (χ3n) is 5.19. The predicted molar refractivity (Wildman–Crippen MR) is 108 cm³/mol. The van der Waals surface area contributed by atoms with E-state index in [9.17, 15) is 4.79 Å². The molecule has 0 spiro atoms. The van der Waals surface area contributed by atoms with E-state index in [4.69, 9.17) is 4.99 Å². The first-order valence-corrected chi connectivity index (χ1v) is 9.17. The van der Waals surface area contributed by atoms with Crippen LogP contribution in [0, 0.1) is 0 Å². The Morgan fingerprint density at radius 2 is 1.48 bits per heavy atom. The zero-order chi connectivity index (χ0) is 18.2. The molecule has 2 heterocycles. The van der Waals surface area contributed by atoms with Gasteiger partial charge in [0.2, 0.25) is 11.9 Å². The highest BCUT2D eigenvalue weighted by Gasteiger charge is 2.41. The number of nitrogens with zero attached hydrogens (tertiary/aromatic N) is 3. The highest BCUT2D eigenvalue weighted by atomic mass is 16.2. The molecule has 1 unspecified atom stereocenters. The Balaban J connectivity index is 1.67. The highest BCUT2D eigenvalue weighted by Crippen LogP contribution is 2.39. The number of guanidine groups is 1. The van der Waals surface area contributed by atoms with Crippen LogP contribution in [0.25, 0.3) is 0 Å². The van der Waals surface area contributed by atoms with E-state index in [1.165, 1.54) is 0 Å². The number of fused-ring (bicyclic) bond motifs is 3. The number of amides is 1. The Morgan fingerprint density at radius 1 is 0.815 bits per heavy atom. The number of benzene rings is 3. The van der Waals surface area contributed by atoms with Crippen LogP contribution in [0.4, 0.5) is 11.4 Å². The molecule has 2 aliphatic heterocycles. The van der Waals surface area contributed by atoms with Gasteiger partial charge in [-0.15, -0.1) is 0 Å². The van der Waals surface area contributed by atoms with Gasteiger partial charge in [-0.2, -0.15) is 0 Å². The van der Waals surface area contributed by atoms with Gasteiger partial charge >= 0.3 is 0 Å². The van der Waals surface area contributed by atoms with Gasteiger partial charge in [0, 0.05) is 5.69 Å². The molecule has 0 aromatic heterocycles. The molecule has 132 valence electrons. The Labute approximate surface area is 158 Å². The molecule has 3 aromatic rings. The van der Waals surface area contributed by atoms with Gasteiger partial charge in [-0.25, -0.2) is 9.89 Å². The van der Waals surface area contributed by atoms with Gasteiger partial charge in [0.05, 0.1) is 24.7 Å². The SMILES string of the molecule is O=C1CC(c2ccccc2)N(c2ccccc2)C2=NCc3ccccc3N12. The van der Waals surface area contributed by atoms with E-state index in [-0.39, 0.29) is 11.9 Å². The molecule has 0 aliphatic carbocycles. The lowest BCUT2D eigenvalue weighted by atomic mass is 9.97. The molecule has 1 atom stereocenters. The van der Waals surface area contributed by atoms with Crippen molar-refractivity contribution < 1.29 is 4.79 Å².